The molecule has 0 radical (unpaired) electrons. The standard InChI is InChI=1S/C24H28N4O4/c1-32-20-7-6-17(23(30)31)12-18(20)15-2-4-16(5-3-15)19-13-24(19)8-10-28(11-9-24)22(29)21-25-14-26-27-21/h2-7,12,19,21,25-27H,8-11,13-14H2,1H3,(H,30,31)/t19-,21?/m1/s1. The lowest BCUT2D eigenvalue weighted by atomic mass is 9.88. The van der Waals surface area contributed by atoms with Crippen LogP contribution in [0.15, 0.2) is 42.5 Å². The Morgan fingerprint density at radius 1 is 1.12 bits per heavy atom. The van der Waals surface area contributed by atoms with Gasteiger partial charge in [-0.1, -0.05) is 24.3 Å². The number of ether oxygens (including phenoxy) is 1. The zero-order valence-electron chi connectivity index (χ0n) is 18.1. The molecule has 1 aliphatic carbocycles. The molecule has 0 aromatic heterocycles. The van der Waals surface area contributed by atoms with Gasteiger partial charge in [0.15, 0.2) is 6.17 Å². The van der Waals surface area contributed by atoms with Crippen LogP contribution in [0.3, 0.4) is 0 Å². The summed E-state index contributed by atoms with van der Waals surface area (Å²) in [5.41, 5.74) is 9.47. The summed E-state index contributed by atoms with van der Waals surface area (Å²) in [6.45, 7) is 2.19. The molecule has 2 atom stereocenters. The van der Waals surface area contributed by atoms with E-state index in [9.17, 15) is 14.7 Å². The van der Waals surface area contributed by atoms with Gasteiger partial charge in [0, 0.05) is 18.7 Å². The van der Waals surface area contributed by atoms with Gasteiger partial charge in [0.2, 0.25) is 0 Å². The number of piperidine rings is 1. The number of carbonyl (C=O) groups is 2. The molecular weight excluding hydrogens is 408 g/mol. The molecule has 1 amide bonds. The summed E-state index contributed by atoms with van der Waals surface area (Å²) in [6.07, 6.45) is 2.89. The van der Waals surface area contributed by atoms with Gasteiger partial charge in [-0.05, 0) is 59.9 Å². The molecule has 1 spiro atoms. The molecule has 4 N–H and O–H groups in total. The third kappa shape index (κ3) is 3.74. The van der Waals surface area contributed by atoms with E-state index in [0.717, 1.165) is 43.5 Å². The average Bonchev–Trinajstić information content (AvgIpc) is 3.24. The molecular formula is C24H28N4O4. The first kappa shape index (κ1) is 20.9. The Hall–Kier alpha value is -2.94. The number of hydrogen-bond acceptors (Lipinski definition) is 6. The molecule has 2 aromatic rings. The lowest BCUT2D eigenvalue weighted by molar-refractivity contribution is -0.135. The van der Waals surface area contributed by atoms with Crippen molar-refractivity contribution in [2.24, 2.45) is 5.41 Å². The summed E-state index contributed by atoms with van der Waals surface area (Å²) in [4.78, 5) is 25.9. The van der Waals surface area contributed by atoms with Crippen LogP contribution < -0.4 is 20.9 Å². The molecule has 2 heterocycles. The van der Waals surface area contributed by atoms with E-state index < -0.39 is 5.97 Å². The summed E-state index contributed by atoms with van der Waals surface area (Å²) in [7, 11) is 1.59. The van der Waals surface area contributed by atoms with Crippen LogP contribution in [-0.4, -0.2) is 54.9 Å². The molecule has 3 aliphatic rings. The molecule has 8 heteroatoms. The highest BCUT2D eigenvalue weighted by Gasteiger charge is 2.55. The number of hydrazine groups is 1. The summed E-state index contributed by atoms with van der Waals surface area (Å²) >= 11 is 0. The number of carboxylic acids is 1. The van der Waals surface area contributed by atoms with E-state index in [-0.39, 0.29) is 17.6 Å². The Morgan fingerprint density at radius 3 is 2.50 bits per heavy atom. The second-order valence-electron chi connectivity index (χ2n) is 8.92. The van der Waals surface area contributed by atoms with Crippen LogP contribution >= 0.6 is 0 Å². The first-order chi connectivity index (χ1) is 15.5. The number of amides is 1. The van der Waals surface area contributed by atoms with Gasteiger partial charge in [-0.3, -0.25) is 10.1 Å². The molecule has 5 rings (SSSR count). The molecule has 168 valence electrons. The third-order valence-corrected chi connectivity index (χ3v) is 7.22. The van der Waals surface area contributed by atoms with E-state index in [4.69, 9.17) is 4.74 Å². The van der Waals surface area contributed by atoms with Crippen LogP contribution in [0, 0.1) is 5.41 Å². The van der Waals surface area contributed by atoms with E-state index in [1.807, 2.05) is 17.0 Å². The predicted octanol–water partition coefficient (Wildman–Crippen LogP) is 2.14. The average molecular weight is 437 g/mol. The Kier molecular flexibility index (Phi) is 5.36. The first-order valence-corrected chi connectivity index (χ1v) is 11.0. The number of carboxylic acid groups (broad SMARTS) is 1. The van der Waals surface area contributed by atoms with Gasteiger partial charge in [0.25, 0.3) is 5.91 Å². The Morgan fingerprint density at radius 2 is 1.88 bits per heavy atom. The van der Waals surface area contributed by atoms with Crippen molar-refractivity contribution in [1.29, 1.82) is 0 Å². The second-order valence-corrected chi connectivity index (χ2v) is 8.92. The van der Waals surface area contributed by atoms with Gasteiger partial charge in [-0.15, -0.1) is 0 Å². The molecule has 2 aliphatic heterocycles. The smallest absolute Gasteiger partial charge is 0.335 e. The van der Waals surface area contributed by atoms with Crippen molar-refractivity contribution in [3.63, 3.8) is 0 Å². The molecule has 2 saturated heterocycles. The molecule has 1 unspecified atom stereocenters. The van der Waals surface area contributed by atoms with Crippen LogP contribution in [0.4, 0.5) is 0 Å². The number of carbonyl (C=O) groups excluding carboxylic acids is 1. The fourth-order valence-corrected chi connectivity index (χ4v) is 5.19. The maximum Gasteiger partial charge on any atom is 0.335 e. The first-order valence-electron chi connectivity index (χ1n) is 11.0. The van der Waals surface area contributed by atoms with Crippen LogP contribution in [0.2, 0.25) is 0 Å². The van der Waals surface area contributed by atoms with Crippen molar-refractivity contribution in [2.45, 2.75) is 31.3 Å². The van der Waals surface area contributed by atoms with Crippen molar-refractivity contribution < 1.29 is 19.4 Å². The minimum absolute atomic E-state index is 0.115. The number of likely N-dealkylation sites (tertiary alicyclic amines) is 1. The van der Waals surface area contributed by atoms with Crippen LogP contribution in [0.1, 0.15) is 41.1 Å². The number of rotatable bonds is 5. The van der Waals surface area contributed by atoms with Gasteiger partial charge in [0.1, 0.15) is 5.75 Å². The summed E-state index contributed by atoms with van der Waals surface area (Å²) < 4.78 is 5.44. The lowest BCUT2D eigenvalue weighted by Crippen LogP contribution is -2.52. The number of aromatic carboxylic acids is 1. The van der Waals surface area contributed by atoms with Gasteiger partial charge in [-0.25, -0.2) is 15.6 Å². The topological polar surface area (TPSA) is 103 Å². The lowest BCUT2D eigenvalue weighted by Gasteiger charge is -2.34. The maximum absolute atomic E-state index is 12.6. The molecule has 8 nitrogen and oxygen atoms in total. The molecule has 2 aromatic carbocycles. The molecule has 32 heavy (non-hydrogen) atoms. The van der Waals surface area contributed by atoms with Gasteiger partial charge in [-0.2, -0.15) is 0 Å². The largest absolute Gasteiger partial charge is 0.496 e. The third-order valence-electron chi connectivity index (χ3n) is 7.22. The van der Waals surface area contributed by atoms with Gasteiger partial charge < -0.3 is 14.7 Å². The van der Waals surface area contributed by atoms with Crippen LogP contribution in [-0.2, 0) is 4.79 Å². The molecule has 3 fully saturated rings. The Labute approximate surface area is 186 Å². The summed E-state index contributed by atoms with van der Waals surface area (Å²) in [5, 5.41) is 12.4. The highest BCUT2D eigenvalue weighted by atomic mass is 16.5. The minimum Gasteiger partial charge on any atom is -0.496 e. The number of benzene rings is 2. The summed E-state index contributed by atoms with van der Waals surface area (Å²) in [5.74, 6) is 0.338. The Balaban J connectivity index is 1.26. The van der Waals surface area contributed by atoms with E-state index in [2.05, 4.69) is 28.3 Å². The van der Waals surface area contributed by atoms with Crippen LogP contribution in [0.25, 0.3) is 11.1 Å². The van der Waals surface area contributed by atoms with Crippen molar-refractivity contribution in [3.05, 3.63) is 53.6 Å². The second kappa shape index (κ2) is 8.20. The van der Waals surface area contributed by atoms with Crippen molar-refractivity contribution in [3.8, 4) is 16.9 Å². The number of methoxy groups -OCH3 is 1. The van der Waals surface area contributed by atoms with E-state index in [0.29, 0.717) is 23.8 Å². The summed E-state index contributed by atoms with van der Waals surface area (Å²) in [6, 6.07) is 13.3. The van der Waals surface area contributed by atoms with Crippen molar-refractivity contribution in [1.82, 2.24) is 21.1 Å². The number of nitrogens with one attached hydrogen (secondary N) is 3. The van der Waals surface area contributed by atoms with E-state index >= 15 is 0 Å². The van der Waals surface area contributed by atoms with E-state index in [1.165, 1.54) is 5.56 Å². The van der Waals surface area contributed by atoms with Gasteiger partial charge >= 0.3 is 5.97 Å². The van der Waals surface area contributed by atoms with Crippen LogP contribution in [0.5, 0.6) is 5.75 Å². The SMILES string of the molecule is COc1ccc(C(=O)O)cc1-c1ccc([C@H]2CC23CCN(C(=O)C2NCNN2)CC3)cc1. The van der Waals surface area contributed by atoms with Gasteiger partial charge in [0.05, 0.1) is 19.3 Å². The fraction of sp³-hybridized carbons (Fsp3) is 0.417. The highest BCUT2D eigenvalue weighted by molar-refractivity contribution is 5.90. The monoisotopic (exact) mass is 436 g/mol. The molecule has 1 saturated carbocycles. The Bertz CT molecular complexity index is 1020. The zero-order valence-corrected chi connectivity index (χ0v) is 18.1. The normalized spacial score (nSPS) is 23.8. The number of hydrogen-bond donors (Lipinski definition) is 4. The van der Waals surface area contributed by atoms with Crippen molar-refractivity contribution >= 4 is 11.9 Å². The molecule has 0 bridgehead atoms. The minimum atomic E-state index is -0.953. The maximum atomic E-state index is 12.6. The van der Waals surface area contributed by atoms with E-state index in [1.54, 1.807) is 25.3 Å². The predicted molar refractivity (Wildman–Crippen MR) is 119 cm³/mol. The number of nitrogens with zero attached hydrogens (tertiary/aromatic N) is 1. The zero-order chi connectivity index (χ0) is 22.3. The quantitative estimate of drug-likeness (QED) is 0.569. The van der Waals surface area contributed by atoms with Crippen molar-refractivity contribution in [2.75, 3.05) is 26.9 Å². The fourth-order valence-electron chi connectivity index (χ4n) is 5.19. The highest BCUT2D eigenvalue weighted by Crippen LogP contribution is 2.65.